The number of carbonyl (C=O) groups is 3. The maximum atomic E-state index is 13.0. The Hall–Kier alpha value is -4.31. The maximum Gasteiger partial charge on any atom is 0.335 e. The van der Waals surface area contributed by atoms with Crippen LogP contribution in [0.15, 0.2) is 80.9 Å². The van der Waals surface area contributed by atoms with E-state index >= 15 is 0 Å². The summed E-state index contributed by atoms with van der Waals surface area (Å²) in [4.78, 5) is 46.4. The lowest BCUT2D eigenvalue weighted by molar-refractivity contribution is -0.122. The van der Waals surface area contributed by atoms with Crippen LogP contribution in [0.4, 0.5) is 10.5 Å². The van der Waals surface area contributed by atoms with Gasteiger partial charge >= 0.3 is 6.03 Å². The van der Waals surface area contributed by atoms with E-state index in [2.05, 4.69) is 15.3 Å². The number of rotatable bonds is 6. The molecule has 2 aromatic heterocycles. The third kappa shape index (κ3) is 4.18. The highest BCUT2D eigenvalue weighted by atomic mass is 32.2. The van der Waals surface area contributed by atoms with Gasteiger partial charge in [0.2, 0.25) is 0 Å². The highest BCUT2D eigenvalue weighted by Crippen LogP contribution is 2.30. The summed E-state index contributed by atoms with van der Waals surface area (Å²) >= 11 is 1.28. The molecule has 10 heteroatoms. The molecule has 9 nitrogen and oxygen atoms in total. The molecule has 5 rings (SSSR count). The number of barbiturate groups is 1. The molecular weight excluding hydrogens is 456 g/mol. The van der Waals surface area contributed by atoms with Crippen LogP contribution in [0.3, 0.4) is 0 Å². The molecule has 4 aromatic rings. The van der Waals surface area contributed by atoms with Crippen LogP contribution >= 0.6 is 11.8 Å². The fourth-order valence-electron chi connectivity index (χ4n) is 3.43. The predicted molar refractivity (Wildman–Crippen MR) is 126 cm³/mol. The SMILES string of the molecule is CCOc1ccc(N2C(=O)NC(=O)/C(=C/c3ccc(Sc4nc5ccccc5[nH]4)o3)C2=O)cc1. The lowest BCUT2D eigenvalue weighted by Crippen LogP contribution is -2.54. The van der Waals surface area contributed by atoms with E-state index < -0.39 is 17.8 Å². The number of fused-ring (bicyclic) bond motifs is 1. The molecule has 2 aromatic carbocycles. The summed E-state index contributed by atoms with van der Waals surface area (Å²) in [6, 6.07) is 16.6. The molecule has 1 saturated heterocycles. The number of aromatic nitrogens is 2. The molecule has 0 atom stereocenters. The van der Waals surface area contributed by atoms with Gasteiger partial charge in [-0.2, -0.15) is 0 Å². The van der Waals surface area contributed by atoms with Gasteiger partial charge in [0, 0.05) is 0 Å². The molecule has 0 radical (unpaired) electrons. The van der Waals surface area contributed by atoms with E-state index in [-0.39, 0.29) is 11.3 Å². The van der Waals surface area contributed by atoms with Crippen molar-refractivity contribution in [1.29, 1.82) is 0 Å². The average Bonchev–Trinajstić information content (AvgIpc) is 3.44. The number of anilines is 1. The molecule has 0 unspecified atom stereocenters. The Bertz CT molecular complexity index is 1400. The van der Waals surface area contributed by atoms with E-state index in [0.717, 1.165) is 15.9 Å². The number of imidazole rings is 1. The monoisotopic (exact) mass is 474 g/mol. The molecule has 1 aliphatic rings. The number of ether oxygens (including phenoxy) is 1. The molecule has 170 valence electrons. The van der Waals surface area contributed by atoms with Crippen LogP contribution in [0.5, 0.6) is 5.75 Å². The van der Waals surface area contributed by atoms with E-state index in [4.69, 9.17) is 9.15 Å². The van der Waals surface area contributed by atoms with E-state index in [0.29, 0.717) is 28.3 Å². The largest absolute Gasteiger partial charge is 0.494 e. The number of carbonyl (C=O) groups excluding carboxylic acids is 3. The molecule has 1 fully saturated rings. The number of nitrogens with zero attached hydrogens (tertiary/aromatic N) is 2. The van der Waals surface area contributed by atoms with Crippen molar-refractivity contribution in [1.82, 2.24) is 15.3 Å². The Balaban J connectivity index is 1.37. The van der Waals surface area contributed by atoms with Crippen LogP contribution in [0.2, 0.25) is 0 Å². The molecule has 0 bridgehead atoms. The normalized spacial score (nSPS) is 15.3. The van der Waals surface area contributed by atoms with Gasteiger partial charge in [0.25, 0.3) is 11.8 Å². The Labute approximate surface area is 197 Å². The van der Waals surface area contributed by atoms with Gasteiger partial charge in [-0.05, 0) is 73.3 Å². The summed E-state index contributed by atoms with van der Waals surface area (Å²) in [5.41, 5.74) is 1.83. The number of urea groups is 1. The number of nitrogens with one attached hydrogen (secondary N) is 2. The second-order valence-electron chi connectivity index (χ2n) is 7.20. The fourth-order valence-corrected chi connectivity index (χ4v) is 4.20. The lowest BCUT2D eigenvalue weighted by Gasteiger charge is -2.26. The first kappa shape index (κ1) is 21.5. The number of amides is 4. The fraction of sp³-hybridized carbons (Fsp3) is 0.0833. The quantitative estimate of drug-likeness (QED) is 0.315. The van der Waals surface area contributed by atoms with E-state index in [9.17, 15) is 14.4 Å². The molecule has 0 aliphatic carbocycles. The van der Waals surface area contributed by atoms with Crippen molar-refractivity contribution in [3.63, 3.8) is 0 Å². The van der Waals surface area contributed by atoms with Gasteiger partial charge in [-0.25, -0.2) is 14.7 Å². The second kappa shape index (κ2) is 8.91. The van der Waals surface area contributed by atoms with Gasteiger partial charge in [-0.3, -0.25) is 14.9 Å². The van der Waals surface area contributed by atoms with Gasteiger partial charge in [0.05, 0.1) is 23.3 Å². The average molecular weight is 474 g/mol. The van der Waals surface area contributed by atoms with Crippen LogP contribution < -0.4 is 15.0 Å². The molecule has 2 N–H and O–H groups in total. The zero-order valence-electron chi connectivity index (χ0n) is 17.9. The number of imide groups is 2. The predicted octanol–water partition coefficient (Wildman–Crippen LogP) is 4.37. The number of benzene rings is 2. The summed E-state index contributed by atoms with van der Waals surface area (Å²) in [6.07, 6.45) is 1.31. The van der Waals surface area contributed by atoms with Crippen LogP contribution in [0.25, 0.3) is 17.1 Å². The van der Waals surface area contributed by atoms with Gasteiger partial charge < -0.3 is 14.1 Å². The Morgan fingerprint density at radius 3 is 2.62 bits per heavy atom. The Morgan fingerprint density at radius 1 is 1.06 bits per heavy atom. The highest BCUT2D eigenvalue weighted by Gasteiger charge is 2.37. The number of hydrogen-bond donors (Lipinski definition) is 2. The first-order valence-electron chi connectivity index (χ1n) is 10.4. The topological polar surface area (TPSA) is 118 Å². The van der Waals surface area contributed by atoms with E-state index in [1.54, 1.807) is 36.4 Å². The zero-order chi connectivity index (χ0) is 23.7. The van der Waals surface area contributed by atoms with Crippen molar-refractivity contribution >= 4 is 52.4 Å². The minimum absolute atomic E-state index is 0.219. The number of hydrogen-bond acceptors (Lipinski definition) is 7. The summed E-state index contributed by atoms with van der Waals surface area (Å²) < 4.78 is 11.2. The van der Waals surface area contributed by atoms with Gasteiger partial charge in [0.1, 0.15) is 17.1 Å². The molecule has 4 amide bonds. The van der Waals surface area contributed by atoms with Crippen molar-refractivity contribution < 1.29 is 23.5 Å². The third-order valence-electron chi connectivity index (χ3n) is 4.96. The van der Waals surface area contributed by atoms with Gasteiger partial charge in [-0.1, -0.05) is 12.1 Å². The van der Waals surface area contributed by atoms with Crippen molar-refractivity contribution in [3.8, 4) is 5.75 Å². The highest BCUT2D eigenvalue weighted by molar-refractivity contribution is 7.99. The van der Waals surface area contributed by atoms with Crippen molar-refractivity contribution in [2.45, 2.75) is 17.2 Å². The maximum absolute atomic E-state index is 13.0. The first-order valence-corrected chi connectivity index (χ1v) is 11.2. The number of furan rings is 1. The minimum Gasteiger partial charge on any atom is -0.494 e. The van der Waals surface area contributed by atoms with Crippen LogP contribution in [-0.2, 0) is 9.59 Å². The first-order chi connectivity index (χ1) is 16.5. The number of aromatic amines is 1. The Morgan fingerprint density at radius 2 is 1.85 bits per heavy atom. The van der Waals surface area contributed by atoms with E-state index in [1.165, 1.54) is 17.8 Å². The smallest absolute Gasteiger partial charge is 0.335 e. The Kier molecular flexibility index (Phi) is 5.64. The standard InChI is InChI=1S/C24H18N4O5S/c1-2-32-15-9-7-14(8-10-15)28-22(30)17(21(29)27-24(28)31)13-16-11-12-20(33-16)34-23-25-18-5-3-4-6-19(18)26-23/h3-13H,2H2,1H3,(H,25,26)(H,27,29,31)/b17-13-. The van der Waals surface area contributed by atoms with Crippen LogP contribution in [0.1, 0.15) is 12.7 Å². The molecule has 1 aliphatic heterocycles. The summed E-state index contributed by atoms with van der Waals surface area (Å²) in [7, 11) is 0. The molecular formula is C24H18N4O5S. The summed E-state index contributed by atoms with van der Waals surface area (Å²) in [6.45, 7) is 2.34. The van der Waals surface area contributed by atoms with Crippen molar-refractivity contribution in [2.24, 2.45) is 0 Å². The third-order valence-corrected chi connectivity index (χ3v) is 5.77. The van der Waals surface area contributed by atoms with Crippen LogP contribution in [0, 0.1) is 0 Å². The lowest BCUT2D eigenvalue weighted by atomic mass is 10.1. The van der Waals surface area contributed by atoms with Gasteiger partial charge in [0.15, 0.2) is 10.2 Å². The number of para-hydroxylation sites is 2. The number of H-pyrrole nitrogens is 1. The summed E-state index contributed by atoms with van der Waals surface area (Å²) in [5.74, 6) is -0.646. The van der Waals surface area contributed by atoms with Gasteiger partial charge in [-0.15, -0.1) is 0 Å². The van der Waals surface area contributed by atoms with Crippen molar-refractivity contribution in [2.75, 3.05) is 11.5 Å². The second-order valence-corrected chi connectivity index (χ2v) is 8.20. The van der Waals surface area contributed by atoms with E-state index in [1.807, 2.05) is 31.2 Å². The minimum atomic E-state index is -0.822. The summed E-state index contributed by atoms with van der Waals surface area (Å²) in [5, 5.41) is 3.36. The van der Waals surface area contributed by atoms with Crippen molar-refractivity contribution in [3.05, 3.63) is 72.0 Å². The molecule has 0 spiro atoms. The zero-order valence-corrected chi connectivity index (χ0v) is 18.7. The van der Waals surface area contributed by atoms with Crippen LogP contribution in [-0.4, -0.2) is 34.4 Å². The molecule has 0 saturated carbocycles. The molecule has 34 heavy (non-hydrogen) atoms. The molecule has 3 heterocycles.